The van der Waals surface area contributed by atoms with Gasteiger partial charge in [-0.1, -0.05) is 64.7 Å². The van der Waals surface area contributed by atoms with Crippen molar-refractivity contribution in [2.45, 2.75) is 71.1 Å². The van der Waals surface area contributed by atoms with E-state index in [1.165, 1.54) is 72.7 Å². The molecule has 0 rings (SSSR count). The lowest BCUT2D eigenvalue weighted by atomic mass is 10.1. The van der Waals surface area contributed by atoms with Crippen LogP contribution >= 0.6 is 8.25 Å². The molecule has 7 nitrogen and oxygen atoms in total. The molecule has 0 saturated heterocycles. The van der Waals surface area contributed by atoms with Gasteiger partial charge in [-0.3, -0.25) is 14.5 Å². The van der Waals surface area contributed by atoms with E-state index in [1.807, 2.05) is 0 Å². The van der Waals surface area contributed by atoms with Crippen LogP contribution in [0.25, 0.3) is 0 Å². The molecule has 0 bridgehead atoms. The van der Waals surface area contributed by atoms with Gasteiger partial charge in [-0.05, 0) is 6.42 Å². The van der Waals surface area contributed by atoms with Gasteiger partial charge in [0, 0.05) is 4.57 Å². The maximum absolute atomic E-state index is 10.2. The van der Waals surface area contributed by atoms with Crippen LogP contribution in [0.3, 0.4) is 0 Å². The van der Waals surface area contributed by atoms with E-state index in [2.05, 4.69) is 26.0 Å². The fraction of sp³-hybridized carbons (Fsp3) is 1.00. The van der Waals surface area contributed by atoms with Gasteiger partial charge in [0.1, 0.15) is 6.61 Å². The zero-order valence-corrected chi connectivity index (χ0v) is 16.1. The second-order valence-electron chi connectivity index (χ2n) is 5.02. The summed E-state index contributed by atoms with van der Waals surface area (Å²) in [5.74, 6) is 0. The van der Waals surface area contributed by atoms with Crippen LogP contribution in [0.1, 0.15) is 71.1 Å². The van der Waals surface area contributed by atoms with Gasteiger partial charge in [-0.15, -0.1) is 9.42 Å². The molecule has 0 aliphatic rings. The van der Waals surface area contributed by atoms with Crippen LogP contribution < -0.4 is 0 Å². The molecule has 0 spiro atoms. The SMILES string of the molecule is CCCCCCCCCCCCO[P+](=O)O.CON(OC)OC. The van der Waals surface area contributed by atoms with E-state index in [4.69, 9.17) is 4.89 Å². The van der Waals surface area contributed by atoms with E-state index in [0.717, 1.165) is 18.2 Å². The van der Waals surface area contributed by atoms with Gasteiger partial charge in [-0.25, -0.2) is 0 Å². The monoisotopic (exact) mass is 356 g/mol. The number of hydrogen-bond acceptors (Lipinski definition) is 6. The Hall–Kier alpha value is -0.140. The van der Waals surface area contributed by atoms with Crippen LogP contribution in [0, 0.1) is 0 Å². The highest BCUT2D eigenvalue weighted by Crippen LogP contribution is 2.16. The Morgan fingerprint density at radius 3 is 1.48 bits per heavy atom. The summed E-state index contributed by atoms with van der Waals surface area (Å²) in [6.07, 6.45) is 12.7. The molecule has 0 aliphatic heterocycles. The Morgan fingerprint density at radius 1 is 0.783 bits per heavy atom. The smallest absolute Gasteiger partial charge is 0.254 e. The van der Waals surface area contributed by atoms with Crippen molar-refractivity contribution in [3.8, 4) is 0 Å². The first-order chi connectivity index (χ1) is 11.1. The number of nitrogens with zero attached hydrogens (tertiary/aromatic N) is 1. The summed E-state index contributed by atoms with van der Waals surface area (Å²) in [6, 6.07) is 0. The molecule has 0 heterocycles. The zero-order valence-electron chi connectivity index (χ0n) is 15.2. The summed E-state index contributed by atoms with van der Waals surface area (Å²) >= 11 is 0. The molecule has 0 aromatic carbocycles. The molecule has 0 radical (unpaired) electrons. The molecule has 1 atom stereocenters. The molecule has 0 aromatic heterocycles. The van der Waals surface area contributed by atoms with Gasteiger partial charge in [0.2, 0.25) is 0 Å². The quantitative estimate of drug-likeness (QED) is 0.262. The molecule has 0 fully saturated rings. The third-order valence-corrected chi connectivity index (χ3v) is 3.55. The minimum atomic E-state index is -2.39. The van der Waals surface area contributed by atoms with Crippen LogP contribution in [-0.4, -0.2) is 38.2 Å². The fourth-order valence-corrected chi connectivity index (χ4v) is 2.24. The molecule has 0 saturated carbocycles. The summed E-state index contributed by atoms with van der Waals surface area (Å²) in [6.45, 7) is 2.66. The number of rotatable bonds is 15. The van der Waals surface area contributed by atoms with Gasteiger partial charge in [0.05, 0.1) is 26.7 Å². The van der Waals surface area contributed by atoms with Crippen molar-refractivity contribution < 1.29 is 28.5 Å². The summed E-state index contributed by atoms with van der Waals surface area (Å²) in [5, 5.41) is 0.875. The van der Waals surface area contributed by atoms with E-state index >= 15 is 0 Å². The first-order valence-corrected chi connectivity index (χ1v) is 9.46. The zero-order chi connectivity index (χ0) is 17.8. The molecule has 8 heteroatoms. The van der Waals surface area contributed by atoms with Gasteiger partial charge >= 0.3 is 8.25 Å². The van der Waals surface area contributed by atoms with Crippen LogP contribution in [0.5, 0.6) is 0 Å². The Kier molecular flexibility index (Phi) is 23.9. The average Bonchev–Trinajstić information content (AvgIpc) is 2.54. The van der Waals surface area contributed by atoms with Crippen LogP contribution in [-0.2, 0) is 23.6 Å². The van der Waals surface area contributed by atoms with Crippen molar-refractivity contribution in [2.24, 2.45) is 0 Å². The maximum atomic E-state index is 10.2. The largest absolute Gasteiger partial charge is 0.694 e. The van der Waals surface area contributed by atoms with Gasteiger partial charge in [0.15, 0.2) is 0 Å². The topological polar surface area (TPSA) is 77.5 Å². The Balaban J connectivity index is 0. The molecule has 1 N–H and O–H groups in total. The number of hydrogen-bond donors (Lipinski definition) is 1. The van der Waals surface area contributed by atoms with Gasteiger partial charge in [-0.2, -0.15) is 0 Å². The average molecular weight is 356 g/mol. The number of unbranched alkanes of at least 4 members (excludes halogenated alkanes) is 9. The molecular weight excluding hydrogens is 321 g/mol. The third-order valence-electron chi connectivity index (χ3n) is 3.15. The van der Waals surface area contributed by atoms with Gasteiger partial charge in [0.25, 0.3) is 0 Å². The van der Waals surface area contributed by atoms with Crippen LogP contribution in [0.15, 0.2) is 0 Å². The molecule has 140 valence electrons. The minimum Gasteiger partial charge on any atom is -0.254 e. The van der Waals surface area contributed by atoms with E-state index in [0.29, 0.717) is 6.61 Å². The van der Waals surface area contributed by atoms with Crippen molar-refractivity contribution >= 4 is 8.25 Å². The first kappa shape index (κ1) is 25.1. The first-order valence-electron chi connectivity index (χ1n) is 8.33. The van der Waals surface area contributed by atoms with Crippen molar-refractivity contribution in [3.63, 3.8) is 0 Å². The van der Waals surface area contributed by atoms with E-state index in [1.54, 1.807) is 0 Å². The van der Waals surface area contributed by atoms with Crippen molar-refractivity contribution in [3.05, 3.63) is 0 Å². The van der Waals surface area contributed by atoms with Crippen LogP contribution in [0.4, 0.5) is 0 Å². The standard InChI is InChI=1S/C12H25O3P.C3H9NO3/c1-2-3-4-5-6-7-8-9-10-11-12-15-16(13)14;1-5-4(6-2)7-3/h2-12H2,1H3;1-3H3/p+1. The molecular formula is C15H35NO6P+. The lowest BCUT2D eigenvalue weighted by Gasteiger charge is -2.10. The molecule has 1 unspecified atom stereocenters. The predicted molar refractivity (Wildman–Crippen MR) is 90.5 cm³/mol. The van der Waals surface area contributed by atoms with E-state index in [9.17, 15) is 4.57 Å². The summed E-state index contributed by atoms with van der Waals surface area (Å²) in [4.78, 5) is 21.7. The van der Waals surface area contributed by atoms with Gasteiger partial charge < -0.3 is 0 Å². The fourth-order valence-electron chi connectivity index (χ4n) is 1.96. The second-order valence-corrected chi connectivity index (χ2v) is 5.76. The lowest BCUT2D eigenvalue weighted by molar-refractivity contribution is -0.502. The van der Waals surface area contributed by atoms with Crippen LogP contribution in [0.2, 0.25) is 0 Å². The Labute approximate surface area is 142 Å². The normalized spacial score (nSPS) is 11.3. The molecule has 0 aliphatic carbocycles. The van der Waals surface area contributed by atoms with Crippen molar-refractivity contribution in [1.29, 1.82) is 0 Å². The second kappa shape index (κ2) is 21.9. The summed E-state index contributed by atoms with van der Waals surface area (Å²) < 4.78 is 14.8. The highest BCUT2D eigenvalue weighted by atomic mass is 31.1. The molecule has 0 aromatic rings. The lowest BCUT2D eigenvalue weighted by Crippen LogP contribution is -2.18. The van der Waals surface area contributed by atoms with Crippen molar-refractivity contribution in [1.82, 2.24) is 5.39 Å². The minimum absolute atomic E-state index is 0.419. The van der Waals surface area contributed by atoms with E-state index < -0.39 is 8.25 Å². The van der Waals surface area contributed by atoms with Crippen molar-refractivity contribution in [2.75, 3.05) is 27.9 Å². The maximum Gasteiger partial charge on any atom is 0.694 e. The Morgan fingerprint density at radius 2 is 1.17 bits per heavy atom. The Bertz CT molecular complexity index is 236. The van der Waals surface area contributed by atoms with E-state index in [-0.39, 0.29) is 0 Å². The predicted octanol–water partition coefficient (Wildman–Crippen LogP) is 4.55. The third kappa shape index (κ3) is 24.2. The summed E-state index contributed by atoms with van der Waals surface area (Å²) in [7, 11) is 1.93. The highest BCUT2D eigenvalue weighted by molar-refractivity contribution is 7.32. The highest BCUT2D eigenvalue weighted by Gasteiger charge is 2.09. The molecule has 0 amide bonds. The summed E-state index contributed by atoms with van der Waals surface area (Å²) in [5.41, 5.74) is 0. The molecule has 23 heavy (non-hydrogen) atoms.